The van der Waals surface area contributed by atoms with Crippen molar-refractivity contribution in [2.45, 2.75) is 6.54 Å². The number of benzene rings is 1. The first-order valence-corrected chi connectivity index (χ1v) is 6.40. The number of anilines is 1. The second kappa shape index (κ2) is 6.71. The molecule has 2 aromatic rings. The van der Waals surface area contributed by atoms with E-state index in [1.54, 1.807) is 18.0 Å². The number of hydrogen-bond acceptors (Lipinski definition) is 6. The monoisotopic (exact) mass is 290 g/mol. The van der Waals surface area contributed by atoms with Gasteiger partial charge in [0.05, 0.1) is 19.9 Å². The van der Waals surface area contributed by atoms with Gasteiger partial charge in [-0.15, -0.1) is 5.10 Å². The summed E-state index contributed by atoms with van der Waals surface area (Å²) in [6, 6.07) is 7.78. The predicted octanol–water partition coefficient (Wildman–Crippen LogP) is 0.0266. The van der Waals surface area contributed by atoms with E-state index in [9.17, 15) is 4.79 Å². The number of carbonyl (C=O) groups is 1. The van der Waals surface area contributed by atoms with Crippen molar-refractivity contribution in [3.63, 3.8) is 0 Å². The highest BCUT2D eigenvalue weighted by Crippen LogP contribution is 2.19. The third-order valence-corrected chi connectivity index (χ3v) is 3.06. The minimum Gasteiger partial charge on any atom is -0.497 e. The van der Waals surface area contributed by atoms with Crippen molar-refractivity contribution in [2.75, 3.05) is 25.6 Å². The molecule has 8 heteroatoms. The number of nitrogens with two attached hydrogens (primary N) is 1. The van der Waals surface area contributed by atoms with Crippen molar-refractivity contribution < 1.29 is 9.53 Å². The van der Waals surface area contributed by atoms with Crippen LogP contribution >= 0.6 is 0 Å². The molecular weight excluding hydrogens is 272 g/mol. The molecule has 1 heterocycles. The number of hydrazine groups is 1. The average Bonchev–Trinajstić information content (AvgIpc) is 3.00. The molecule has 0 saturated carbocycles. The van der Waals surface area contributed by atoms with E-state index in [4.69, 9.17) is 10.6 Å². The zero-order valence-electron chi connectivity index (χ0n) is 12.0. The smallest absolute Gasteiger partial charge is 0.287 e. The van der Waals surface area contributed by atoms with Crippen LogP contribution in [0.25, 0.3) is 0 Å². The maximum absolute atomic E-state index is 11.3. The number of rotatable bonds is 6. The van der Waals surface area contributed by atoms with Crippen molar-refractivity contribution in [2.24, 2.45) is 5.84 Å². The van der Waals surface area contributed by atoms with E-state index < -0.39 is 5.91 Å². The molecule has 2 rings (SSSR count). The predicted molar refractivity (Wildman–Crippen MR) is 77.9 cm³/mol. The number of hydrogen-bond donors (Lipinski definition) is 2. The third kappa shape index (κ3) is 3.69. The Kier molecular flexibility index (Phi) is 4.72. The Morgan fingerprint density at radius 3 is 3.05 bits per heavy atom. The van der Waals surface area contributed by atoms with E-state index in [2.05, 4.69) is 15.2 Å². The van der Waals surface area contributed by atoms with Gasteiger partial charge in [-0.3, -0.25) is 10.2 Å². The molecule has 1 aromatic carbocycles. The van der Waals surface area contributed by atoms with E-state index in [0.717, 1.165) is 11.4 Å². The molecule has 0 saturated heterocycles. The number of carbonyl (C=O) groups excluding carboxylic acids is 1. The van der Waals surface area contributed by atoms with Crippen LogP contribution in [-0.2, 0) is 6.54 Å². The highest BCUT2D eigenvalue weighted by molar-refractivity contribution is 5.91. The maximum atomic E-state index is 11.3. The summed E-state index contributed by atoms with van der Waals surface area (Å²) in [5.74, 6) is 5.39. The van der Waals surface area contributed by atoms with Gasteiger partial charge < -0.3 is 9.64 Å². The number of nitrogen functional groups attached to an aromatic ring is 1. The molecule has 0 unspecified atom stereocenters. The van der Waals surface area contributed by atoms with Crippen LogP contribution in [0.4, 0.5) is 5.69 Å². The van der Waals surface area contributed by atoms with Crippen LogP contribution < -0.4 is 20.9 Å². The lowest BCUT2D eigenvalue weighted by Crippen LogP contribution is -2.30. The van der Waals surface area contributed by atoms with Gasteiger partial charge in [0.15, 0.2) is 5.69 Å². The lowest BCUT2D eigenvalue weighted by molar-refractivity contribution is 0.0948. The normalized spacial score (nSPS) is 10.2. The van der Waals surface area contributed by atoms with E-state index in [1.165, 1.54) is 0 Å². The standard InChI is InChI=1S/C13H18N6O2/c1-18(10-4-3-5-11(8-10)21-2)6-7-19-9-12(16-17-19)13(20)15-14/h3-5,8-9H,6-7,14H2,1-2H3,(H,15,20). The molecule has 0 fully saturated rings. The maximum Gasteiger partial charge on any atom is 0.287 e. The summed E-state index contributed by atoms with van der Waals surface area (Å²) in [6.45, 7) is 1.30. The average molecular weight is 290 g/mol. The number of nitrogens with one attached hydrogen (secondary N) is 1. The number of methoxy groups -OCH3 is 1. The van der Waals surface area contributed by atoms with Crippen molar-refractivity contribution in [1.29, 1.82) is 0 Å². The summed E-state index contributed by atoms with van der Waals surface area (Å²) in [6.07, 6.45) is 1.56. The highest BCUT2D eigenvalue weighted by atomic mass is 16.5. The molecule has 0 atom stereocenters. The number of ether oxygens (including phenoxy) is 1. The van der Waals surface area contributed by atoms with Crippen LogP contribution in [0.5, 0.6) is 5.75 Å². The first kappa shape index (κ1) is 14.8. The molecular formula is C13H18N6O2. The van der Waals surface area contributed by atoms with Gasteiger partial charge in [0.2, 0.25) is 0 Å². The Labute approximate surface area is 122 Å². The van der Waals surface area contributed by atoms with Crippen molar-refractivity contribution in [1.82, 2.24) is 20.4 Å². The summed E-state index contributed by atoms with van der Waals surface area (Å²) in [5.41, 5.74) is 3.25. The molecule has 0 aliphatic carbocycles. The topological polar surface area (TPSA) is 98.3 Å². The summed E-state index contributed by atoms with van der Waals surface area (Å²) >= 11 is 0. The molecule has 0 aliphatic rings. The summed E-state index contributed by atoms with van der Waals surface area (Å²) < 4.78 is 6.80. The van der Waals surface area contributed by atoms with E-state index in [1.807, 2.05) is 36.7 Å². The Bertz CT molecular complexity index is 612. The summed E-state index contributed by atoms with van der Waals surface area (Å²) in [5, 5.41) is 7.63. The minimum atomic E-state index is -0.456. The van der Waals surface area contributed by atoms with Gasteiger partial charge in [-0.1, -0.05) is 11.3 Å². The second-order valence-electron chi connectivity index (χ2n) is 4.46. The van der Waals surface area contributed by atoms with Crippen molar-refractivity contribution in [3.8, 4) is 5.75 Å². The molecule has 8 nitrogen and oxygen atoms in total. The van der Waals surface area contributed by atoms with Crippen LogP contribution in [0.1, 0.15) is 10.5 Å². The lowest BCUT2D eigenvalue weighted by atomic mass is 10.3. The first-order chi connectivity index (χ1) is 10.1. The number of nitrogens with zero attached hydrogens (tertiary/aromatic N) is 4. The first-order valence-electron chi connectivity index (χ1n) is 6.40. The van der Waals surface area contributed by atoms with Crippen LogP contribution in [-0.4, -0.2) is 41.6 Å². The van der Waals surface area contributed by atoms with E-state index in [0.29, 0.717) is 13.1 Å². The molecule has 21 heavy (non-hydrogen) atoms. The van der Waals surface area contributed by atoms with Crippen molar-refractivity contribution >= 4 is 11.6 Å². The van der Waals surface area contributed by atoms with Gasteiger partial charge in [0, 0.05) is 25.3 Å². The van der Waals surface area contributed by atoms with E-state index >= 15 is 0 Å². The molecule has 3 N–H and O–H groups in total. The Morgan fingerprint density at radius 1 is 1.52 bits per heavy atom. The fourth-order valence-corrected chi connectivity index (χ4v) is 1.82. The molecule has 0 spiro atoms. The Hall–Kier alpha value is -2.61. The highest BCUT2D eigenvalue weighted by Gasteiger charge is 2.09. The van der Waals surface area contributed by atoms with Crippen LogP contribution in [0.2, 0.25) is 0 Å². The van der Waals surface area contributed by atoms with Gasteiger partial charge in [-0.05, 0) is 12.1 Å². The summed E-state index contributed by atoms with van der Waals surface area (Å²) in [4.78, 5) is 13.3. The molecule has 0 radical (unpaired) electrons. The number of amides is 1. The van der Waals surface area contributed by atoms with Crippen LogP contribution in [0, 0.1) is 0 Å². The van der Waals surface area contributed by atoms with Gasteiger partial charge >= 0.3 is 0 Å². The minimum absolute atomic E-state index is 0.196. The SMILES string of the molecule is COc1cccc(N(C)CCn2cc(C(=O)NN)nn2)c1. The van der Waals surface area contributed by atoms with Crippen LogP contribution in [0.3, 0.4) is 0 Å². The zero-order chi connectivity index (χ0) is 15.2. The molecule has 0 aliphatic heterocycles. The number of likely N-dealkylation sites (N-methyl/N-ethyl adjacent to an activating group) is 1. The lowest BCUT2D eigenvalue weighted by Gasteiger charge is -2.19. The second-order valence-corrected chi connectivity index (χ2v) is 4.46. The summed E-state index contributed by atoms with van der Waals surface area (Å²) in [7, 11) is 3.61. The van der Waals surface area contributed by atoms with Gasteiger partial charge in [0.1, 0.15) is 5.75 Å². The molecule has 112 valence electrons. The largest absolute Gasteiger partial charge is 0.497 e. The quantitative estimate of drug-likeness (QED) is 0.442. The van der Waals surface area contributed by atoms with Crippen molar-refractivity contribution in [3.05, 3.63) is 36.2 Å². The molecule has 1 aromatic heterocycles. The molecule has 0 bridgehead atoms. The zero-order valence-corrected chi connectivity index (χ0v) is 12.0. The fraction of sp³-hybridized carbons (Fsp3) is 0.308. The number of aromatic nitrogens is 3. The van der Waals surface area contributed by atoms with Gasteiger partial charge in [-0.2, -0.15) is 0 Å². The Balaban J connectivity index is 1.95. The third-order valence-electron chi connectivity index (χ3n) is 3.06. The Morgan fingerprint density at radius 2 is 2.33 bits per heavy atom. The molecule has 1 amide bonds. The van der Waals surface area contributed by atoms with Crippen LogP contribution in [0.15, 0.2) is 30.5 Å². The van der Waals surface area contributed by atoms with Gasteiger partial charge in [-0.25, -0.2) is 10.5 Å². The van der Waals surface area contributed by atoms with Gasteiger partial charge in [0.25, 0.3) is 5.91 Å². The fourth-order valence-electron chi connectivity index (χ4n) is 1.82. The van der Waals surface area contributed by atoms with E-state index in [-0.39, 0.29) is 5.69 Å².